The van der Waals surface area contributed by atoms with E-state index in [1.807, 2.05) is 0 Å². The topological polar surface area (TPSA) is 42.2 Å². The first-order valence-corrected chi connectivity index (χ1v) is 6.09. The molecule has 1 N–H and O–H groups in total. The number of para-hydroxylation sites is 1. The summed E-state index contributed by atoms with van der Waals surface area (Å²) in [6.45, 7) is 1.74. The molecule has 3 nitrogen and oxygen atoms in total. The number of nitrogens with zero attached hydrogens (tertiary/aromatic N) is 1. The molecule has 0 aliphatic heterocycles. The lowest BCUT2D eigenvalue weighted by Gasteiger charge is -2.11. The highest BCUT2D eigenvalue weighted by Crippen LogP contribution is 2.39. The highest BCUT2D eigenvalue weighted by atomic mass is 19.4. The number of aromatic nitrogens is 1. The van der Waals surface area contributed by atoms with Gasteiger partial charge in [-0.15, -0.1) is 0 Å². The van der Waals surface area contributed by atoms with E-state index in [1.165, 1.54) is 7.05 Å². The predicted octanol–water partition coefficient (Wildman–Crippen LogP) is 3.52. The summed E-state index contributed by atoms with van der Waals surface area (Å²) >= 11 is 0. The third-order valence-corrected chi connectivity index (χ3v) is 3.38. The van der Waals surface area contributed by atoms with E-state index in [-0.39, 0.29) is 18.4 Å². The van der Waals surface area contributed by atoms with Crippen LogP contribution in [0.2, 0.25) is 0 Å². The van der Waals surface area contributed by atoms with Crippen LogP contribution in [-0.4, -0.2) is 15.6 Å². The van der Waals surface area contributed by atoms with Crippen molar-refractivity contribution in [3.63, 3.8) is 0 Å². The van der Waals surface area contributed by atoms with Crippen molar-refractivity contribution >= 4 is 16.9 Å². The minimum absolute atomic E-state index is 0.0566. The zero-order valence-electron chi connectivity index (χ0n) is 11.1. The first kappa shape index (κ1) is 14.4. The maximum Gasteiger partial charge on any atom is 0.431 e. The van der Waals surface area contributed by atoms with E-state index >= 15 is 0 Å². The zero-order valence-corrected chi connectivity index (χ0v) is 11.1. The molecular weight excluding hydrogens is 271 g/mol. The highest BCUT2D eigenvalue weighted by molar-refractivity contribution is 5.88. The normalized spacial score (nSPS) is 12.1. The Morgan fingerprint density at radius 2 is 2.00 bits per heavy atom. The van der Waals surface area contributed by atoms with Crippen molar-refractivity contribution in [2.45, 2.75) is 25.9 Å². The molecule has 0 amide bonds. The average molecular weight is 285 g/mol. The molecule has 6 heteroatoms. The molecule has 0 fully saturated rings. The second-order valence-electron chi connectivity index (χ2n) is 4.75. The summed E-state index contributed by atoms with van der Waals surface area (Å²) in [5.74, 6) is -1.11. The molecule has 0 saturated carbocycles. The first-order valence-electron chi connectivity index (χ1n) is 6.09. The molecule has 0 saturated heterocycles. The number of alkyl halides is 3. The average Bonchev–Trinajstić information content (AvgIpc) is 2.60. The fraction of sp³-hybridized carbons (Fsp3) is 0.357. The monoisotopic (exact) mass is 285 g/mol. The summed E-state index contributed by atoms with van der Waals surface area (Å²) < 4.78 is 40.8. The van der Waals surface area contributed by atoms with Crippen LogP contribution in [0.3, 0.4) is 0 Å². The van der Waals surface area contributed by atoms with Crippen LogP contribution in [0.1, 0.15) is 23.2 Å². The summed E-state index contributed by atoms with van der Waals surface area (Å²) in [4.78, 5) is 10.7. The van der Waals surface area contributed by atoms with Gasteiger partial charge >= 0.3 is 12.1 Å². The molecule has 0 atom stereocenters. The summed E-state index contributed by atoms with van der Waals surface area (Å²) in [6, 6.07) is 5.03. The third-order valence-electron chi connectivity index (χ3n) is 3.38. The molecule has 1 aromatic heterocycles. The van der Waals surface area contributed by atoms with Crippen molar-refractivity contribution in [1.82, 2.24) is 4.57 Å². The number of carboxylic acids is 1. The number of hydrogen-bond acceptors (Lipinski definition) is 1. The SMILES string of the molecule is Cc1cccc2c(CCC(=O)O)c(C(F)(F)F)n(C)c12. The predicted molar refractivity (Wildman–Crippen MR) is 68.6 cm³/mol. The van der Waals surface area contributed by atoms with Crippen LogP contribution in [0, 0.1) is 6.92 Å². The lowest BCUT2D eigenvalue weighted by Crippen LogP contribution is -2.14. The molecule has 0 aliphatic carbocycles. The minimum atomic E-state index is -4.51. The second-order valence-corrected chi connectivity index (χ2v) is 4.75. The lowest BCUT2D eigenvalue weighted by molar-refractivity contribution is -0.144. The van der Waals surface area contributed by atoms with Crippen LogP contribution in [0.15, 0.2) is 18.2 Å². The van der Waals surface area contributed by atoms with Crippen molar-refractivity contribution < 1.29 is 23.1 Å². The van der Waals surface area contributed by atoms with Crippen molar-refractivity contribution in [3.8, 4) is 0 Å². The molecule has 108 valence electrons. The molecule has 0 spiro atoms. The molecule has 0 radical (unpaired) electrons. The Labute approximate surface area is 113 Å². The van der Waals surface area contributed by atoms with Gasteiger partial charge in [0.15, 0.2) is 0 Å². The Morgan fingerprint density at radius 3 is 2.55 bits per heavy atom. The van der Waals surface area contributed by atoms with Crippen molar-refractivity contribution in [2.75, 3.05) is 0 Å². The van der Waals surface area contributed by atoms with Gasteiger partial charge in [0.25, 0.3) is 0 Å². The van der Waals surface area contributed by atoms with E-state index in [1.54, 1.807) is 25.1 Å². The summed E-state index contributed by atoms with van der Waals surface area (Å²) in [7, 11) is 1.36. The van der Waals surface area contributed by atoms with E-state index in [4.69, 9.17) is 5.11 Å². The lowest BCUT2D eigenvalue weighted by atomic mass is 10.0. The second kappa shape index (κ2) is 4.85. The van der Waals surface area contributed by atoms with Crippen LogP contribution < -0.4 is 0 Å². The Bertz CT molecular complexity index is 671. The van der Waals surface area contributed by atoms with E-state index in [9.17, 15) is 18.0 Å². The van der Waals surface area contributed by atoms with E-state index in [0.29, 0.717) is 10.9 Å². The van der Waals surface area contributed by atoms with Gasteiger partial charge in [-0.3, -0.25) is 4.79 Å². The Morgan fingerprint density at radius 1 is 1.35 bits per heavy atom. The summed E-state index contributed by atoms with van der Waals surface area (Å²) in [5.41, 5.74) is 0.529. The number of benzene rings is 1. The third kappa shape index (κ3) is 2.37. The van der Waals surface area contributed by atoms with Crippen LogP contribution in [0.25, 0.3) is 10.9 Å². The van der Waals surface area contributed by atoms with Gasteiger partial charge in [-0.05, 0) is 24.5 Å². The quantitative estimate of drug-likeness (QED) is 0.937. The first-order chi connectivity index (χ1) is 9.23. The van der Waals surface area contributed by atoms with Crippen LogP contribution in [0.4, 0.5) is 13.2 Å². The molecular formula is C14H14F3NO2. The molecule has 0 aliphatic rings. The van der Waals surface area contributed by atoms with Gasteiger partial charge < -0.3 is 9.67 Å². The number of aryl methyl sites for hydroxylation is 3. The smallest absolute Gasteiger partial charge is 0.431 e. The summed E-state index contributed by atoms with van der Waals surface area (Å²) in [5, 5.41) is 9.19. The van der Waals surface area contributed by atoms with Crippen molar-refractivity contribution in [3.05, 3.63) is 35.0 Å². The number of aliphatic carboxylic acids is 1. The van der Waals surface area contributed by atoms with Crippen molar-refractivity contribution in [2.24, 2.45) is 7.05 Å². The molecule has 1 heterocycles. The maximum absolute atomic E-state index is 13.2. The van der Waals surface area contributed by atoms with E-state index < -0.39 is 17.8 Å². The maximum atomic E-state index is 13.2. The number of carboxylic acid groups (broad SMARTS) is 1. The largest absolute Gasteiger partial charge is 0.481 e. The Kier molecular flexibility index (Phi) is 3.50. The standard InChI is InChI=1S/C14H14F3NO2/c1-8-4-3-5-9-10(6-7-11(19)20)13(14(15,16)17)18(2)12(8)9/h3-5H,6-7H2,1-2H3,(H,19,20). The fourth-order valence-electron chi connectivity index (χ4n) is 2.64. The number of halogens is 3. The number of carbonyl (C=O) groups is 1. The minimum Gasteiger partial charge on any atom is -0.481 e. The van der Waals surface area contributed by atoms with Gasteiger partial charge in [0.05, 0.1) is 5.52 Å². The Balaban J connectivity index is 2.74. The van der Waals surface area contributed by atoms with Gasteiger partial charge in [0.1, 0.15) is 5.69 Å². The fourth-order valence-corrected chi connectivity index (χ4v) is 2.64. The number of fused-ring (bicyclic) bond motifs is 1. The van der Waals surface area contributed by atoms with Crippen molar-refractivity contribution in [1.29, 1.82) is 0 Å². The zero-order chi connectivity index (χ0) is 15.1. The Hall–Kier alpha value is -1.98. The van der Waals surface area contributed by atoms with Gasteiger partial charge in [-0.25, -0.2) is 0 Å². The molecule has 2 aromatic rings. The van der Waals surface area contributed by atoms with E-state index in [2.05, 4.69) is 0 Å². The van der Waals surface area contributed by atoms with Gasteiger partial charge in [0.2, 0.25) is 0 Å². The van der Waals surface area contributed by atoms with Gasteiger partial charge in [0, 0.05) is 18.9 Å². The van der Waals surface area contributed by atoms with Crippen LogP contribution >= 0.6 is 0 Å². The molecule has 0 bridgehead atoms. The molecule has 20 heavy (non-hydrogen) atoms. The molecule has 1 aromatic carbocycles. The van der Waals surface area contributed by atoms with Gasteiger partial charge in [-0.1, -0.05) is 18.2 Å². The van der Waals surface area contributed by atoms with E-state index in [0.717, 1.165) is 10.1 Å². The summed E-state index contributed by atoms with van der Waals surface area (Å²) in [6.07, 6.45) is -4.96. The number of rotatable bonds is 3. The highest BCUT2D eigenvalue weighted by Gasteiger charge is 2.38. The van der Waals surface area contributed by atoms with Crippen LogP contribution in [-0.2, 0) is 24.4 Å². The van der Waals surface area contributed by atoms with Crippen LogP contribution in [0.5, 0.6) is 0 Å². The van der Waals surface area contributed by atoms with Gasteiger partial charge in [-0.2, -0.15) is 13.2 Å². The molecule has 0 unspecified atom stereocenters. The number of hydrogen-bond donors (Lipinski definition) is 1. The molecule has 2 rings (SSSR count).